The molecule has 0 spiro atoms. The summed E-state index contributed by atoms with van der Waals surface area (Å²) in [7, 11) is -3.39. The standard InChI is InChI=1S/C14H20N4O2S/c1-2-8-18-21(19,20)14-5-3-12(4-6-14)16-9-7-13-10-15-11-17-13/h3-6,10-11,16,18H,2,7-9H2,1H3,(H,15,17). The van der Waals surface area contributed by atoms with Gasteiger partial charge >= 0.3 is 0 Å². The quantitative estimate of drug-likeness (QED) is 0.693. The molecule has 2 aromatic rings. The van der Waals surface area contributed by atoms with Gasteiger partial charge in [0.2, 0.25) is 10.0 Å². The number of nitrogens with one attached hydrogen (secondary N) is 3. The van der Waals surface area contributed by atoms with E-state index in [0.29, 0.717) is 6.54 Å². The third-order valence-electron chi connectivity index (χ3n) is 2.99. The molecule has 6 nitrogen and oxygen atoms in total. The molecule has 0 saturated carbocycles. The maximum absolute atomic E-state index is 11.9. The van der Waals surface area contributed by atoms with E-state index in [1.54, 1.807) is 36.8 Å². The number of aromatic amines is 1. The molecule has 0 atom stereocenters. The number of hydrogen-bond acceptors (Lipinski definition) is 4. The van der Waals surface area contributed by atoms with Crippen molar-refractivity contribution in [1.82, 2.24) is 14.7 Å². The lowest BCUT2D eigenvalue weighted by Crippen LogP contribution is -2.24. The molecule has 0 radical (unpaired) electrons. The van der Waals surface area contributed by atoms with Gasteiger partial charge < -0.3 is 10.3 Å². The average Bonchev–Trinajstić information content (AvgIpc) is 2.99. The summed E-state index contributed by atoms with van der Waals surface area (Å²) >= 11 is 0. The fourth-order valence-electron chi connectivity index (χ4n) is 1.83. The molecule has 7 heteroatoms. The number of rotatable bonds is 8. The lowest BCUT2D eigenvalue weighted by Gasteiger charge is -2.08. The SMILES string of the molecule is CCCNS(=O)(=O)c1ccc(NCCc2cnc[nH]2)cc1. The minimum Gasteiger partial charge on any atom is -0.385 e. The van der Waals surface area contributed by atoms with E-state index in [1.807, 2.05) is 6.92 Å². The number of aromatic nitrogens is 2. The number of sulfonamides is 1. The van der Waals surface area contributed by atoms with Gasteiger partial charge in [-0.1, -0.05) is 6.92 Å². The van der Waals surface area contributed by atoms with Gasteiger partial charge in [0, 0.05) is 37.1 Å². The Kier molecular flexibility index (Phi) is 5.35. The van der Waals surface area contributed by atoms with Gasteiger partial charge in [-0.3, -0.25) is 0 Å². The third kappa shape index (κ3) is 4.57. The summed E-state index contributed by atoms with van der Waals surface area (Å²) in [5.74, 6) is 0. The summed E-state index contributed by atoms with van der Waals surface area (Å²) in [5, 5.41) is 3.24. The highest BCUT2D eigenvalue weighted by Gasteiger charge is 2.12. The fraction of sp³-hybridized carbons (Fsp3) is 0.357. The molecule has 0 aliphatic heterocycles. The molecule has 2 rings (SSSR count). The van der Waals surface area contributed by atoms with E-state index >= 15 is 0 Å². The smallest absolute Gasteiger partial charge is 0.240 e. The number of hydrogen-bond donors (Lipinski definition) is 3. The first-order chi connectivity index (χ1) is 10.1. The van der Waals surface area contributed by atoms with Crippen molar-refractivity contribution in [3.05, 3.63) is 42.5 Å². The van der Waals surface area contributed by atoms with Crippen LogP contribution in [0.5, 0.6) is 0 Å². The van der Waals surface area contributed by atoms with E-state index in [9.17, 15) is 8.42 Å². The second kappa shape index (κ2) is 7.24. The predicted molar refractivity (Wildman–Crippen MR) is 82.7 cm³/mol. The first-order valence-corrected chi connectivity index (χ1v) is 8.41. The van der Waals surface area contributed by atoms with Crippen molar-refractivity contribution in [2.75, 3.05) is 18.4 Å². The Morgan fingerprint density at radius 2 is 1.95 bits per heavy atom. The third-order valence-corrected chi connectivity index (χ3v) is 4.46. The predicted octanol–water partition coefficient (Wildman–Crippen LogP) is 1.75. The maximum Gasteiger partial charge on any atom is 0.240 e. The summed E-state index contributed by atoms with van der Waals surface area (Å²) < 4.78 is 26.4. The van der Waals surface area contributed by atoms with E-state index < -0.39 is 10.0 Å². The first-order valence-electron chi connectivity index (χ1n) is 6.92. The molecule has 1 aromatic heterocycles. The second-order valence-corrected chi connectivity index (χ2v) is 6.44. The first kappa shape index (κ1) is 15.5. The van der Waals surface area contributed by atoms with E-state index in [4.69, 9.17) is 0 Å². The maximum atomic E-state index is 11.9. The Balaban J connectivity index is 1.89. The largest absolute Gasteiger partial charge is 0.385 e. The van der Waals surface area contributed by atoms with Crippen LogP contribution in [0.2, 0.25) is 0 Å². The Labute approximate surface area is 125 Å². The van der Waals surface area contributed by atoms with Gasteiger partial charge in [-0.2, -0.15) is 0 Å². The van der Waals surface area contributed by atoms with Gasteiger partial charge in [0.05, 0.1) is 11.2 Å². The molecule has 21 heavy (non-hydrogen) atoms. The number of H-pyrrole nitrogens is 1. The zero-order chi connectivity index (χ0) is 15.1. The number of anilines is 1. The van der Waals surface area contributed by atoms with Crippen LogP contribution < -0.4 is 10.0 Å². The minimum atomic E-state index is -3.39. The zero-order valence-corrected chi connectivity index (χ0v) is 12.8. The van der Waals surface area contributed by atoms with Crippen LogP contribution in [0.3, 0.4) is 0 Å². The van der Waals surface area contributed by atoms with E-state index in [-0.39, 0.29) is 4.90 Å². The van der Waals surface area contributed by atoms with E-state index in [1.165, 1.54) is 0 Å². The molecule has 0 amide bonds. The Hall–Kier alpha value is -1.86. The molecule has 0 aliphatic carbocycles. The highest BCUT2D eigenvalue weighted by Crippen LogP contribution is 2.14. The minimum absolute atomic E-state index is 0.287. The van der Waals surface area contributed by atoms with E-state index in [0.717, 1.165) is 30.8 Å². The van der Waals surface area contributed by atoms with Crippen molar-refractivity contribution >= 4 is 15.7 Å². The van der Waals surface area contributed by atoms with Gasteiger partial charge in [0.25, 0.3) is 0 Å². The highest BCUT2D eigenvalue weighted by molar-refractivity contribution is 7.89. The second-order valence-electron chi connectivity index (χ2n) is 4.68. The van der Waals surface area contributed by atoms with Crippen LogP contribution in [-0.4, -0.2) is 31.5 Å². The van der Waals surface area contributed by atoms with Gasteiger partial charge in [0.1, 0.15) is 0 Å². The Morgan fingerprint density at radius 1 is 1.19 bits per heavy atom. The molecule has 0 bridgehead atoms. The average molecular weight is 308 g/mol. The number of imidazole rings is 1. The number of nitrogens with zero attached hydrogens (tertiary/aromatic N) is 1. The lowest BCUT2D eigenvalue weighted by atomic mass is 10.3. The summed E-state index contributed by atoms with van der Waals surface area (Å²) in [6.45, 7) is 3.13. The summed E-state index contributed by atoms with van der Waals surface area (Å²) in [6, 6.07) is 6.76. The van der Waals surface area contributed by atoms with Gasteiger partial charge in [0.15, 0.2) is 0 Å². The van der Waals surface area contributed by atoms with Crippen LogP contribution in [0, 0.1) is 0 Å². The number of benzene rings is 1. The van der Waals surface area contributed by atoms with Crippen LogP contribution >= 0.6 is 0 Å². The highest BCUT2D eigenvalue weighted by atomic mass is 32.2. The molecule has 0 fully saturated rings. The molecule has 0 unspecified atom stereocenters. The van der Waals surface area contributed by atoms with Crippen LogP contribution in [0.15, 0.2) is 41.7 Å². The van der Waals surface area contributed by atoms with Crippen molar-refractivity contribution in [2.24, 2.45) is 0 Å². The monoisotopic (exact) mass is 308 g/mol. The molecular formula is C14H20N4O2S. The Morgan fingerprint density at radius 3 is 2.57 bits per heavy atom. The van der Waals surface area contributed by atoms with Crippen molar-refractivity contribution in [2.45, 2.75) is 24.7 Å². The molecule has 1 heterocycles. The van der Waals surface area contributed by atoms with Crippen molar-refractivity contribution in [3.63, 3.8) is 0 Å². The zero-order valence-electron chi connectivity index (χ0n) is 12.0. The molecule has 1 aromatic carbocycles. The fourth-order valence-corrected chi connectivity index (χ4v) is 2.97. The molecule has 0 aliphatic rings. The van der Waals surface area contributed by atoms with Gasteiger partial charge in [-0.05, 0) is 30.7 Å². The molecule has 0 saturated heterocycles. The Bertz CT molecular complexity index is 636. The summed E-state index contributed by atoms with van der Waals surface area (Å²) in [4.78, 5) is 7.27. The van der Waals surface area contributed by atoms with Crippen molar-refractivity contribution < 1.29 is 8.42 Å². The van der Waals surface area contributed by atoms with Crippen molar-refractivity contribution in [3.8, 4) is 0 Å². The molecule has 3 N–H and O–H groups in total. The summed E-state index contributed by atoms with van der Waals surface area (Å²) in [5.41, 5.74) is 1.95. The van der Waals surface area contributed by atoms with E-state index in [2.05, 4.69) is 20.0 Å². The van der Waals surface area contributed by atoms with Crippen LogP contribution in [0.25, 0.3) is 0 Å². The topological polar surface area (TPSA) is 86.9 Å². The van der Waals surface area contributed by atoms with Gasteiger partial charge in [-0.15, -0.1) is 0 Å². The normalized spacial score (nSPS) is 11.5. The van der Waals surface area contributed by atoms with Gasteiger partial charge in [-0.25, -0.2) is 18.1 Å². The van der Waals surface area contributed by atoms with Crippen LogP contribution in [0.4, 0.5) is 5.69 Å². The van der Waals surface area contributed by atoms with Crippen LogP contribution in [0.1, 0.15) is 19.0 Å². The summed E-state index contributed by atoms with van der Waals surface area (Å²) in [6.07, 6.45) is 5.04. The lowest BCUT2D eigenvalue weighted by molar-refractivity contribution is 0.581. The molecule has 114 valence electrons. The van der Waals surface area contributed by atoms with Crippen LogP contribution in [-0.2, 0) is 16.4 Å². The molecular weight excluding hydrogens is 288 g/mol. The van der Waals surface area contributed by atoms with Crippen molar-refractivity contribution in [1.29, 1.82) is 0 Å².